The van der Waals surface area contributed by atoms with Gasteiger partial charge in [0.1, 0.15) is 0 Å². The maximum Gasteiger partial charge on any atom is 0.252 e. The van der Waals surface area contributed by atoms with Crippen molar-refractivity contribution in [3.05, 3.63) is 148 Å². The van der Waals surface area contributed by atoms with Crippen LogP contribution in [0.15, 0.2) is 103 Å². The molecule has 0 aromatic heterocycles. The molecule has 1 unspecified atom stereocenters. The van der Waals surface area contributed by atoms with Crippen LogP contribution in [0.2, 0.25) is 0 Å². The minimum atomic E-state index is -0.179. The summed E-state index contributed by atoms with van der Waals surface area (Å²) in [6.45, 7) is 43.2. The van der Waals surface area contributed by atoms with Crippen LogP contribution in [-0.2, 0) is 37.9 Å². The first-order valence-corrected chi connectivity index (χ1v) is 25.0. The number of rotatable bonds is 1. The highest BCUT2D eigenvalue weighted by Crippen LogP contribution is 2.56. The molecular formula is C63H75BN2. The van der Waals surface area contributed by atoms with Crippen molar-refractivity contribution in [1.29, 1.82) is 0 Å². The van der Waals surface area contributed by atoms with E-state index in [1.54, 1.807) is 0 Å². The lowest BCUT2D eigenvalue weighted by atomic mass is 9.32. The van der Waals surface area contributed by atoms with Crippen molar-refractivity contribution in [3.8, 4) is 11.1 Å². The van der Waals surface area contributed by atoms with Gasteiger partial charge < -0.3 is 9.80 Å². The van der Waals surface area contributed by atoms with Crippen LogP contribution in [-0.4, -0.2) is 6.71 Å². The lowest BCUT2D eigenvalue weighted by molar-refractivity contribution is 0.346. The van der Waals surface area contributed by atoms with Gasteiger partial charge >= 0.3 is 0 Å². The molecule has 340 valence electrons. The van der Waals surface area contributed by atoms with Crippen molar-refractivity contribution >= 4 is 57.2 Å². The third kappa shape index (κ3) is 6.78. The quantitative estimate of drug-likeness (QED) is 0.152. The second-order valence-electron chi connectivity index (χ2n) is 26.8. The molecule has 0 saturated carbocycles. The standard InChI is InChI=1S/C63H75BN2/c1-57(2,3)39-20-24-43(25-21-39)65-52-28-23-41(59(7,8)9)33-49(52)64-50-36-46-48-37-53(50)66(55-35-42(60(10,11)12)34-54(65)56(55)64)51-27-22-40(58(4,5)6)32-44(51)38-19-26-45(61(13,14)15)47(31-38)63(48,18)30-29-62(46,16)17/h19-28,31-37H,29-30H2,1-18H3. The topological polar surface area (TPSA) is 6.48 Å². The summed E-state index contributed by atoms with van der Waals surface area (Å²) in [5, 5.41) is 0. The first-order valence-electron chi connectivity index (χ1n) is 25.0. The third-order valence-electron chi connectivity index (χ3n) is 16.3. The van der Waals surface area contributed by atoms with Gasteiger partial charge in [0.25, 0.3) is 6.71 Å². The van der Waals surface area contributed by atoms with Gasteiger partial charge in [0.2, 0.25) is 0 Å². The van der Waals surface area contributed by atoms with Crippen LogP contribution >= 0.6 is 0 Å². The minimum Gasteiger partial charge on any atom is -0.311 e. The molecule has 4 bridgehead atoms. The SMILES string of the molecule is CC(C)(C)c1ccc(N2c3ccc(C(C)(C)C)cc3B3c4cc5c6cc4N(c4ccc(C(C)(C)C)cc4-c4ccc(C(C)(C)C)c(c4)C6(C)CCC5(C)C)c4cc(C(C)(C)C)cc2c43)cc1. The highest BCUT2D eigenvalue weighted by atomic mass is 15.2. The first-order chi connectivity index (χ1) is 30.5. The average molecular weight is 871 g/mol. The Labute approximate surface area is 399 Å². The summed E-state index contributed by atoms with van der Waals surface area (Å²) in [5.41, 5.74) is 25.6. The third-order valence-corrected chi connectivity index (χ3v) is 16.3. The van der Waals surface area contributed by atoms with Crippen LogP contribution in [0.1, 0.15) is 182 Å². The van der Waals surface area contributed by atoms with Gasteiger partial charge in [-0.2, -0.15) is 0 Å². The van der Waals surface area contributed by atoms with E-state index in [1.165, 1.54) is 106 Å². The summed E-state index contributed by atoms with van der Waals surface area (Å²) < 4.78 is 0. The van der Waals surface area contributed by atoms with Gasteiger partial charge in [0.15, 0.2) is 0 Å². The minimum absolute atomic E-state index is 0.00261. The Balaban J connectivity index is 1.40. The van der Waals surface area contributed by atoms with E-state index in [-0.39, 0.29) is 44.6 Å². The van der Waals surface area contributed by atoms with Crippen molar-refractivity contribution in [3.63, 3.8) is 0 Å². The van der Waals surface area contributed by atoms with Crippen molar-refractivity contribution in [1.82, 2.24) is 0 Å². The molecule has 0 spiro atoms. The zero-order valence-corrected chi connectivity index (χ0v) is 43.7. The van der Waals surface area contributed by atoms with Crippen LogP contribution in [0.5, 0.6) is 0 Å². The molecule has 1 aliphatic carbocycles. The lowest BCUT2D eigenvalue weighted by Gasteiger charge is -2.50. The summed E-state index contributed by atoms with van der Waals surface area (Å²) in [6, 6.07) is 42.4. The fraction of sp³-hybridized carbons (Fsp3) is 0.429. The van der Waals surface area contributed by atoms with E-state index in [0.29, 0.717) is 0 Å². The molecule has 0 fully saturated rings. The molecule has 10 rings (SSSR count). The van der Waals surface area contributed by atoms with E-state index in [9.17, 15) is 0 Å². The van der Waals surface area contributed by atoms with Gasteiger partial charge in [-0.05, 0) is 166 Å². The van der Waals surface area contributed by atoms with Gasteiger partial charge in [-0.1, -0.05) is 173 Å². The number of anilines is 6. The first kappa shape index (κ1) is 44.8. The number of hydrogen-bond acceptors (Lipinski definition) is 2. The van der Waals surface area contributed by atoms with Crippen LogP contribution in [0.25, 0.3) is 11.1 Å². The molecule has 0 amide bonds. The van der Waals surface area contributed by atoms with Gasteiger partial charge in [-0.15, -0.1) is 0 Å². The van der Waals surface area contributed by atoms with E-state index in [0.717, 1.165) is 12.8 Å². The zero-order valence-electron chi connectivity index (χ0n) is 43.7. The van der Waals surface area contributed by atoms with Gasteiger partial charge in [0, 0.05) is 39.4 Å². The number of hydrogen-bond donors (Lipinski definition) is 0. The largest absolute Gasteiger partial charge is 0.311 e. The molecule has 0 saturated heterocycles. The Morgan fingerprint density at radius 1 is 0.409 bits per heavy atom. The average Bonchev–Trinajstić information content (AvgIpc) is 3.22. The summed E-state index contributed by atoms with van der Waals surface area (Å²) in [6.07, 6.45) is 2.23. The highest BCUT2D eigenvalue weighted by molar-refractivity contribution is 7.00. The molecule has 1 atom stereocenters. The predicted octanol–water partition coefficient (Wildman–Crippen LogP) is 15.6. The van der Waals surface area contributed by atoms with Gasteiger partial charge in [-0.3, -0.25) is 0 Å². The normalized spacial score (nSPS) is 18.4. The molecule has 66 heavy (non-hydrogen) atoms. The Kier molecular flexibility index (Phi) is 9.52. The highest BCUT2D eigenvalue weighted by Gasteiger charge is 2.49. The summed E-state index contributed by atoms with van der Waals surface area (Å²) in [5.74, 6) is 0. The molecule has 3 heteroatoms. The fourth-order valence-electron chi connectivity index (χ4n) is 12.0. The van der Waals surface area contributed by atoms with E-state index in [2.05, 4.69) is 238 Å². The van der Waals surface area contributed by atoms with Gasteiger partial charge in [0.05, 0.1) is 5.69 Å². The second-order valence-corrected chi connectivity index (χ2v) is 26.8. The Hall–Kier alpha value is -5.02. The van der Waals surface area contributed by atoms with Crippen molar-refractivity contribution < 1.29 is 0 Å². The Bertz CT molecular complexity index is 2980. The predicted molar refractivity (Wildman–Crippen MR) is 288 cm³/mol. The number of benzene rings is 6. The fourth-order valence-corrected chi connectivity index (χ4v) is 12.0. The smallest absolute Gasteiger partial charge is 0.252 e. The Morgan fingerprint density at radius 2 is 0.955 bits per heavy atom. The lowest BCUT2D eigenvalue weighted by Crippen LogP contribution is -2.62. The van der Waals surface area contributed by atoms with Crippen molar-refractivity contribution in [2.45, 2.75) is 175 Å². The summed E-state index contributed by atoms with van der Waals surface area (Å²) in [4.78, 5) is 5.34. The maximum atomic E-state index is 2.73. The van der Waals surface area contributed by atoms with Crippen molar-refractivity contribution in [2.75, 3.05) is 9.80 Å². The zero-order chi connectivity index (χ0) is 47.6. The van der Waals surface area contributed by atoms with Crippen LogP contribution in [0, 0.1) is 0 Å². The number of nitrogens with zero attached hydrogens (tertiary/aromatic N) is 2. The molecule has 2 nitrogen and oxygen atoms in total. The van der Waals surface area contributed by atoms with E-state index >= 15 is 0 Å². The van der Waals surface area contributed by atoms with Crippen LogP contribution in [0.3, 0.4) is 0 Å². The van der Waals surface area contributed by atoms with Crippen LogP contribution in [0.4, 0.5) is 34.1 Å². The molecule has 3 heterocycles. The molecule has 3 aliphatic heterocycles. The molecular weight excluding hydrogens is 796 g/mol. The number of fused-ring (bicyclic) bond motifs is 10. The van der Waals surface area contributed by atoms with E-state index in [4.69, 9.17) is 0 Å². The molecule has 6 aromatic carbocycles. The van der Waals surface area contributed by atoms with E-state index in [1.807, 2.05) is 0 Å². The van der Waals surface area contributed by atoms with Crippen molar-refractivity contribution in [2.24, 2.45) is 0 Å². The second kappa shape index (κ2) is 14.0. The molecule has 6 aromatic rings. The summed E-state index contributed by atoms with van der Waals surface area (Å²) in [7, 11) is 0. The molecule has 0 N–H and O–H groups in total. The van der Waals surface area contributed by atoms with Gasteiger partial charge in [-0.25, -0.2) is 0 Å². The Morgan fingerprint density at radius 3 is 1.55 bits per heavy atom. The van der Waals surface area contributed by atoms with Crippen LogP contribution < -0.4 is 26.2 Å². The summed E-state index contributed by atoms with van der Waals surface area (Å²) >= 11 is 0. The van der Waals surface area contributed by atoms with E-state index < -0.39 is 0 Å². The monoisotopic (exact) mass is 871 g/mol. The molecule has 4 aliphatic rings. The molecule has 0 radical (unpaired) electrons. The maximum absolute atomic E-state index is 2.73.